The van der Waals surface area contributed by atoms with Crippen molar-refractivity contribution in [1.29, 1.82) is 0 Å². The van der Waals surface area contributed by atoms with Gasteiger partial charge in [0.25, 0.3) is 0 Å². The van der Waals surface area contributed by atoms with E-state index < -0.39 is 0 Å². The average molecular weight is 287 g/mol. The highest BCUT2D eigenvalue weighted by Gasteiger charge is 2.25. The van der Waals surface area contributed by atoms with Crippen molar-refractivity contribution in [2.45, 2.75) is 38.6 Å². The van der Waals surface area contributed by atoms with E-state index in [1.54, 1.807) is 0 Å². The van der Waals surface area contributed by atoms with Gasteiger partial charge in [-0.05, 0) is 30.9 Å². The summed E-state index contributed by atoms with van der Waals surface area (Å²) in [6.07, 6.45) is 7.76. The minimum atomic E-state index is 0.374. The van der Waals surface area contributed by atoms with Gasteiger partial charge in [-0.2, -0.15) is 0 Å². The lowest BCUT2D eigenvalue weighted by molar-refractivity contribution is -0.134. The molecular formula is C17H25N3O. The van der Waals surface area contributed by atoms with Crippen molar-refractivity contribution in [3.8, 4) is 0 Å². The molecule has 1 aliphatic heterocycles. The minimum Gasteiger partial charge on any atom is -0.340 e. The Morgan fingerprint density at radius 1 is 1.14 bits per heavy atom. The van der Waals surface area contributed by atoms with Crippen LogP contribution in [0, 0.1) is 5.92 Å². The Morgan fingerprint density at radius 2 is 1.90 bits per heavy atom. The maximum atomic E-state index is 12.3. The summed E-state index contributed by atoms with van der Waals surface area (Å²) in [6, 6.07) is 6.05. The van der Waals surface area contributed by atoms with E-state index in [9.17, 15) is 4.79 Å². The monoisotopic (exact) mass is 287 g/mol. The molecule has 21 heavy (non-hydrogen) atoms. The van der Waals surface area contributed by atoms with Crippen molar-refractivity contribution in [3.05, 3.63) is 30.1 Å². The van der Waals surface area contributed by atoms with Crippen LogP contribution in [0.3, 0.4) is 0 Å². The number of amides is 1. The van der Waals surface area contributed by atoms with E-state index in [2.05, 4.69) is 20.9 Å². The van der Waals surface area contributed by atoms with Crippen LogP contribution in [-0.2, 0) is 11.3 Å². The maximum absolute atomic E-state index is 12.3. The van der Waals surface area contributed by atoms with Crippen molar-refractivity contribution in [3.63, 3.8) is 0 Å². The topological polar surface area (TPSA) is 36.4 Å². The molecule has 1 amide bonds. The van der Waals surface area contributed by atoms with Crippen molar-refractivity contribution in [2.24, 2.45) is 5.92 Å². The molecule has 1 saturated carbocycles. The van der Waals surface area contributed by atoms with Crippen LogP contribution in [0.2, 0.25) is 0 Å². The Hall–Kier alpha value is -1.42. The van der Waals surface area contributed by atoms with Crippen LogP contribution in [-0.4, -0.2) is 46.9 Å². The van der Waals surface area contributed by atoms with Crippen LogP contribution in [0.5, 0.6) is 0 Å². The lowest BCUT2D eigenvalue weighted by Crippen LogP contribution is -2.48. The smallest absolute Gasteiger partial charge is 0.222 e. The molecule has 4 heteroatoms. The summed E-state index contributed by atoms with van der Waals surface area (Å²) < 4.78 is 0. The van der Waals surface area contributed by atoms with Gasteiger partial charge in [-0.25, -0.2) is 0 Å². The predicted molar refractivity (Wildman–Crippen MR) is 82.7 cm³/mol. The van der Waals surface area contributed by atoms with E-state index in [0.717, 1.165) is 44.8 Å². The molecular weight excluding hydrogens is 262 g/mol. The first-order chi connectivity index (χ1) is 10.3. The first-order valence-corrected chi connectivity index (χ1v) is 8.21. The molecule has 0 radical (unpaired) electrons. The fraction of sp³-hybridized carbons (Fsp3) is 0.647. The van der Waals surface area contributed by atoms with Gasteiger partial charge in [0.2, 0.25) is 5.91 Å². The van der Waals surface area contributed by atoms with E-state index in [0.29, 0.717) is 11.8 Å². The lowest BCUT2D eigenvalue weighted by atomic mass is 10.0. The molecule has 1 aromatic heterocycles. The molecule has 3 rings (SSSR count). The molecule has 114 valence electrons. The van der Waals surface area contributed by atoms with Gasteiger partial charge in [-0.3, -0.25) is 14.7 Å². The molecule has 2 aliphatic rings. The summed E-state index contributed by atoms with van der Waals surface area (Å²) in [4.78, 5) is 21.1. The van der Waals surface area contributed by atoms with Gasteiger partial charge < -0.3 is 4.90 Å². The third-order valence-electron chi connectivity index (χ3n) is 4.77. The highest BCUT2D eigenvalue weighted by molar-refractivity contribution is 5.76. The van der Waals surface area contributed by atoms with Crippen LogP contribution in [0.4, 0.5) is 0 Å². The first kappa shape index (κ1) is 14.5. The van der Waals surface area contributed by atoms with E-state index in [1.165, 1.54) is 25.7 Å². The molecule has 2 fully saturated rings. The molecule has 1 aliphatic carbocycles. The molecule has 0 N–H and O–H groups in total. The number of aromatic nitrogens is 1. The highest BCUT2D eigenvalue weighted by Crippen LogP contribution is 2.28. The SMILES string of the molecule is O=C(CC1CCCC1)N1CCN(Cc2ccccn2)CC1. The summed E-state index contributed by atoms with van der Waals surface area (Å²) in [7, 11) is 0. The standard InChI is InChI=1S/C17H25N3O/c21-17(13-15-5-1-2-6-15)20-11-9-19(10-12-20)14-16-7-3-4-8-18-16/h3-4,7-8,15H,1-2,5-6,9-14H2. The van der Waals surface area contributed by atoms with Gasteiger partial charge in [0, 0.05) is 45.3 Å². The summed E-state index contributed by atoms with van der Waals surface area (Å²) in [5, 5.41) is 0. The number of hydrogen-bond acceptors (Lipinski definition) is 3. The highest BCUT2D eigenvalue weighted by atomic mass is 16.2. The number of rotatable bonds is 4. The third-order valence-corrected chi connectivity index (χ3v) is 4.77. The number of pyridine rings is 1. The van der Waals surface area contributed by atoms with Gasteiger partial charge in [-0.15, -0.1) is 0 Å². The molecule has 4 nitrogen and oxygen atoms in total. The molecule has 0 bridgehead atoms. The normalized spacial score (nSPS) is 20.9. The van der Waals surface area contributed by atoms with Gasteiger partial charge >= 0.3 is 0 Å². The zero-order valence-corrected chi connectivity index (χ0v) is 12.7. The zero-order valence-electron chi connectivity index (χ0n) is 12.7. The third kappa shape index (κ3) is 4.03. The summed E-state index contributed by atoms with van der Waals surface area (Å²) in [5.41, 5.74) is 1.11. The average Bonchev–Trinajstić information content (AvgIpc) is 3.02. The molecule has 2 heterocycles. The molecule has 1 aromatic rings. The first-order valence-electron chi connectivity index (χ1n) is 8.21. The summed E-state index contributed by atoms with van der Waals surface area (Å²) in [6.45, 7) is 4.57. The minimum absolute atomic E-state index is 0.374. The van der Waals surface area contributed by atoms with E-state index in [-0.39, 0.29) is 0 Å². The van der Waals surface area contributed by atoms with Crippen molar-refractivity contribution < 1.29 is 4.79 Å². The van der Waals surface area contributed by atoms with Gasteiger partial charge in [0.05, 0.1) is 5.69 Å². The van der Waals surface area contributed by atoms with Gasteiger partial charge in [0.1, 0.15) is 0 Å². The van der Waals surface area contributed by atoms with Crippen LogP contribution in [0.15, 0.2) is 24.4 Å². The predicted octanol–water partition coefficient (Wildman–Crippen LogP) is 2.31. The van der Waals surface area contributed by atoms with E-state index in [4.69, 9.17) is 0 Å². The Kier molecular flexibility index (Phi) is 4.86. The number of carbonyl (C=O) groups is 1. The molecule has 1 saturated heterocycles. The quantitative estimate of drug-likeness (QED) is 0.852. The fourth-order valence-corrected chi connectivity index (χ4v) is 3.47. The summed E-state index contributed by atoms with van der Waals surface area (Å²) in [5.74, 6) is 1.03. The molecule has 0 aromatic carbocycles. The Balaban J connectivity index is 1.43. The Morgan fingerprint density at radius 3 is 2.57 bits per heavy atom. The second-order valence-electron chi connectivity index (χ2n) is 6.33. The van der Waals surface area contributed by atoms with Crippen molar-refractivity contribution >= 4 is 5.91 Å². The number of carbonyl (C=O) groups excluding carboxylic acids is 1. The van der Waals surface area contributed by atoms with Gasteiger partial charge in [0.15, 0.2) is 0 Å². The lowest BCUT2D eigenvalue weighted by Gasteiger charge is -2.35. The second-order valence-corrected chi connectivity index (χ2v) is 6.33. The summed E-state index contributed by atoms with van der Waals surface area (Å²) >= 11 is 0. The van der Waals surface area contributed by atoms with Gasteiger partial charge in [-0.1, -0.05) is 18.9 Å². The second kappa shape index (κ2) is 7.03. The number of piperazine rings is 1. The Bertz CT molecular complexity index is 448. The zero-order chi connectivity index (χ0) is 14.5. The van der Waals surface area contributed by atoms with E-state index in [1.807, 2.05) is 18.3 Å². The van der Waals surface area contributed by atoms with Crippen LogP contribution < -0.4 is 0 Å². The van der Waals surface area contributed by atoms with Crippen molar-refractivity contribution in [1.82, 2.24) is 14.8 Å². The van der Waals surface area contributed by atoms with Crippen LogP contribution in [0.1, 0.15) is 37.8 Å². The number of nitrogens with zero attached hydrogens (tertiary/aromatic N) is 3. The molecule has 0 spiro atoms. The van der Waals surface area contributed by atoms with E-state index >= 15 is 0 Å². The molecule has 0 unspecified atom stereocenters. The largest absolute Gasteiger partial charge is 0.340 e. The molecule has 0 atom stereocenters. The Labute approximate surface area is 127 Å². The van der Waals surface area contributed by atoms with Crippen molar-refractivity contribution in [2.75, 3.05) is 26.2 Å². The van der Waals surface area contributed by atoms with Crippen LogP contribution >= 0.6 is 0 Å². The maximum Gasteiger partial charge on any atom is 0.222 e. The van der Waals surface area contributed by atoms with Crippen LogP contribution in [0.25, 0.3) is 0 Å². The number of hydrogen-bond donors (Lipinski definition) is 0. The fourth-order valence-electron chi connectivity index (χ4n) is 3.47.